The van der Waals surface area contributed by atoms with E-state index >= 15 is 0 Å². The first kappa shape index (κ1) is 29.0. The molecule has 45 heavy (non-hydrogen) atoms. The van der Waals surface area contributed by atoms with Crippen LogP contribution in [0, 0.1) is 6.92 Å². The Labute approximate surface area is 271 Å². The third kappa shape index (κ3) is 6.12. The van der Waals surface area contributed by atoms with Crippen LogP contribution in [0.3, 0.4) is 0 Å². The number of rotatable bonds is 7. The second-order valence-corrected chi connectivity index (χ2v) is 12.2. The van der Waals surface area contributed by atoms with E-state index in [1.165, 1.54) is 38.9 Å². The summed E-state index contributed by atoms with van der Waals surface area (Å²) in [6.45, 7) is 2.21. The van der Waals surface area contributed by atoms with Gasteiger partial charge in [-0.25, -0.2) is 4.98 Å². The van der Waals surface area contributed by atoms with Gasteiger partial charge in [-0.1, -0.05) is 151 Å². The van der Waals surface area contributed by atoms with E-state index in [4.69, 9.17) is 21.6 Å². The highest BCUT2D eigenvalue weighted by molar-refractivity contribution is 6.29. The largest absolute Gasteiger partial charge is 0.251 e. The van der Waals surface area contributed by atoms with E-state index in [2.05, 4.69) is 146 Å². The molecule has 7 rings (SSSR count). The molecule has 2 nitrogen and oxygen atoms in total. The summed E-state index contributed by atoms with van der Waals surface area (Å²) in [6, 6.07) is 52.1. The lowest BCUT2D eigenvalue weighted by Crippen LogP contribution is -2.15. The molecule has 3 heteroatoms. The molecule has 0 atom stereocenters. The van der Waals surface area contributed by atoms with Gasteiger partial charge in [0.1, 0.15) is 5.15 Å². The third-order valence-corrected chi connectivity index (χ3v) is 9.06. The first-order valence-electron chi connectivity index (χ1n) is 15.7. The molecule has 0 saturated carbocycles. The topological polar surface area (TPSA) is 25.2 Å². The molecule has 0 radical (unpaired) electrons. The van der Waals surface area contributed by atoms with E-state index in [1.807, 2.05) is 6.07 Å². The summed E-state index contributed by atoms with van der Waals surface area (Å²) in [4.78, 5) is 10.3. The molecule has 220 valence electrons. The van der Waals surface area contributed by atoms with Gasteiger partial charge < -0.3 is 0 Å². The SMILES string of the molecule is Cc1cc(C(c2ccccc2)c2ccccc2)cc(C(c2ccccc2)c2ccccc2)c1N=C1CCCc2ccc(Cl)nc21. The summed E-state index contributed by atoms with van der Waals surface area (Å²) in [6.07, 6.45) is 2.92. The monoisotopic (exact) mass is 602 g/mol. The zero-order chi connectivity index (χ0) is 30.6. The molecule has 1 aromatic heterocycles. The van der Waals surface area contributed by atoms with Crippen molar-refractivity contribution in [1.29, 1.82) is 0 Å². The van der Waals surface area contributed by atoms with Crippen LogP contribution in [0.2, 0.25) is 5.15 Å². The fourth-order valence-corrected chi connectivity index (χ4v) is 6.96. The van der Waals surface area contributed by atoms with Gasteiger partial charge in [0.05, 0.1) is 17.1 Å². The molecule has 1 heterocycles. The van der Waals surface area contributed by atoms with E-state index < -0.39 is 0 Å². The lowest BCUT2D eigenvalue weighted by atomic mass is 9.79. The number of aliphatic imine (C=N–C) groups is 1. The maximum absolute atomic E-state index is 6.42. The number of benzene rings is 5. The first-order valence-corrected chi connectivity index (χ1v) is 16.1. The van der Waals surface area contributed by atoms with E-state index in [-0.39, 0.29) is 11.8 Å². The predicted octanol–water partition coefficient (Wildman–Crippen LogP) is 10.9. The van der Waals surface area contributed by atoms with Crippen molar-refractivity contribution in [2.45, 2.75) is 38.0 Å². The molecule has 0 amide bonds. The fourth-order valence-electron chi connectivity index (χ4n) is 6.81. The molecule has 0 spiro atoms. The van der Waals surface area contributed by atoms with E-state index in [9.17, 15) is 0 Å². The van der Waals surface area contributed by atoms with Gasteiger partial charge in [0.25, 0.3) is 0 Å². The Hall–Kier alpha value is -4.79. The summed E-state index contributed by atoms with van der Waals surface area (Å²) in [7, 11) is 0. The Balaban J connectivity index is 1.51. The molecule has 5 aromatic carbocycles. The van der Waals surface area contributed by atoms with Gasteiger partial charge in [-0.15, -0.1) is 0 Å². The van der Waals surface area contributed by atoms with Crippen LogP contribution in [0.1, 0.15) is 74.9 Å². The maximum atomic E-state index is 6.42. The smallest absolute Gasteiger partial charge is 0.129 e. The van der Waals surface area contributed by atoms with E-state index in [0.717, 1.165) is 41.9 Å². The summed E-state index contributed by atoms with van der Waals surface area (Å²) in [5.74, 6) is 0.0719. The van der Waals surface area contributed by atoms with Crippen LogP contribution >= 0.6 is 11.6 Å². The highest BCUT2D eigenvalue weighted by atomic mass is 35.5. The zero-order valence-electron chi connectivity index (χ0n) is 25.4. The second-order valence-electron chi connectivity index (χ2n) is 11.8. The number of nitrogens with zero attached hydrogens (tertiary/aromatic N) is 2. The normalized spacial score (nSPS) is 13.7. The first-order chi connectivity index (χ1) is 22.2. The van der Waals surface area contributed by atoms with Gasteiger partial charge in [0.2, 0.25) is 0 Å². The van der Waals surface area contributed by atoms with E-state index in [0.29, 0.717) is 5.15 Å². The molecule has 0 saturated heterocycles. The highest BCUT2D eigenvalue weighted by Crippen LogP contribution is 2.43. The summed E-state index contributed by atoms with van der Waals surface area (Å²) in [5.41, 5.74) is 12.8. The molecule has 1 aliphatic carbocycles. The van der Waals surface area contributed by atoms with Crippen LogP contribution in [0.25, 0.3) is 0 Å². The molecular formula is C42H35ClN2. The Morgan fingerprint density at radius 2 is 1.09 bits per heavy atom. The summed E-state index contributed by atoms with van der Waals surface area (Å²) < 4.78 is 0. The molecule has 0 N–H and O–H groups in total. The van der Waals surface area contributed by atoms with E-state index in [1.54, 1.807) is 0 Å². The molecule has 0 fully saturated rings. The molecule has 0 bridgehead atoms. The Morgan fingerprint density at radius 1 is 0.578 bits per heavy atom. The third-order valence-electron chi connectivity index (χ3n) is 8.85. The molecule has 6 aromatic rings. The zero-order valence-corrected chi connectivity index (χ0v) is 26.2. The van der Waals surface area contributed by atoms with Crippen LogP contribution in [0.15, 0.2) is 151 Å². The van der Waals surface area contributed by atoms with Gasteiger partial charge >= 0.3 is 0 Å². The van der Waals surface area contributed by atoms with Crippen LogP contribution in [0.5, 0.6) is 0 Å². The standard InChI is InChI=1S/C42H35ClN2/c1-29-27-35(39(30-15-6-2-7-16-30)31-17-8-3-9-18-31)28-36(40(32-19-10-4-11-20-32)33-21-12-5-13-22-33)41(29)44-37-24-14-23-34-25-26-38(43)45-42(34)37/h2-13,15-22,25-28,39-40H,14,23-24H2,1H3. The quantitative estimate of drug-likeness (QED) is 0.132. The Bertz CT molecular complexity index is 1860. The van der Waals surface area contributed by atoms with Crippen LogP contribution < -0.4 is 0 Å². The van der Waals surface area contributed by atoms with Crippen LogP contribution in [-0.4, -0.2) is 10.7 Å². The number of aryl methyl sites for hydroxylation is 2. The van der Waals surface area contributed by atoms with Crippen LogP contribution in [-0.2, 0) is 6.42 Å². The Morgan fingerprint density at radius 3 is 1.62 bits per heavy atom. The number of halogens is 1. The van der Waals surface area contributed by atoms with Gasteiger partial charge in [0, 0.05) is 11.8 Å². The van der Waals surface area contributed by atoms with Crippen molar-refractivity contribution >= 4 is 23.0 Å². The van der Waals surface area contributed by atoms with Gasteiger partial charge in [-0.2, -0.15) is 0 Å². The fraction of sp³-hybridized carbons (Fsp3) is 0.143. The lowest BCUT2D eigenvalue weighted by Gasteiger charge is -2.26. The number of fused-ring (bicyclic) bond motifs is 1. The van der Waals surface area contributed by atoms with Crippen molar-refractivity contribution < 1.29 is 0 Å². The number of aromatic nitrogens is 1. The second kappa shape index (κ2) is 13.1. The highest BCUT2D eigenvalue weighted by Gasteiger charge is 2.26. The Kier molecular flexibility index (Phi) is 8.40. The molecule has 0 unspecified atom stereocenters. The van der Waals surface area contributed by atoms with Gasteiger partial charge in [-0.3, -0.25) is 4.99 Å². The van der Waals surface area contributed by atoms with Crippen molar-refractivity contribution in [3.05, 3.63) is 201 Å². The summed E-state index contributed by atoms with van der Waals surface area (Å²) in [5, 5.41) is 0.510. The molecule has 1 aliphatic rings. The maximum Gasteiger partial charge on any atom is 0.129 e. The van der Waals surface area contributed by atoms with Crippen molar-refractivity contribution in [3.63, 3.8) is 0 Å². The average molecular weight is 603 g/mol. The minimum absolute atomic E-state index is 0.00650. The average Bonchev–Trinajstić information content (AvgIpc) is 3.08. The summed E-state index contributed by atoms with van der Waals surface area (Å²) >= 11 is 6.42. The van der Waals surface area contributed by atoms with Crippen molar-refractivity contribution in [2.75, 3.05) is 0 Å². The minimum atomic E-state index is -0.00650. The number of hydrogen-bond donors (Lipinski definition) is 0. The van der Waals surface area contributed by atoms with Crippen molar-refractivity contribution in [1.82, 2.24) is 4.98 Å². The number of hydrogen-bond acceptors (Lipinski definition) is 2. The van der Waals surface area contributed by atoms with Gasteiger partial charge in [-0.05, 0) is 76.8 Å². The van der Waals surface area contributed by atoms with Crippen molar-refractivity contribution in [2.24, 2.45) is 4.99 Å². The lowest BCUT2D eigenvalue weighted by molar-refractivity contribution is 0.826. The predicted molar refractivity (Wildman–Crippen MR) is 187 cm³/mol. The molecular weight excluding hydrogens is 568 g/mol. The minimum Gasteiger partial charge on any atom is -0.251 e. The van der Waals surface area contributed by atoms with Crippen LogP contribution in [0.4, 0.5) is 5.69 Å². The number of pyridine rings is 1. The van der Waals surface area contributed by atoms with Gasteiger partial charge in [0.15, 0.2) is 0 Å². The molecule has 0 aliphatic heterocycles. The van der Waals surface area contributed by atoms with Crippen molar-refractivity contribution in [3.8, 4) is 0 Å².